The fraction of sp³-hybridized carbons (Fsp3) is 0. The molecule has 0 aliphatic rings. The van der Waals surface area contributed by atoms with Crippen molar-refractivity contribution >= 4 is 15.9 Å². The standard InChI is InChI=1S/C10H5BrFN5O/c11-7-3-5(12)1-2-6(7)10-15-9(17-18-10)8-13-4-14-16-8/h1-4H,(H,13,14,16). The van der Waals surface area contributed by atoms with E-state index in [9.17, 15) is 4.39 Å². The number of rotatable bonds is 2. The number of hydrogen-bond donors (Lipinski definition) is 1. The summed E-state index contributed by atoms with van der Waals surface area (Å²) in [5.41, 5.74) is 0.606. The largest absolute Gasteiger partial charge is 0.333 e. The SMILES string of the molecule is Fc1ccc(-c2nc(-c3ncn[nH]3)no2)c(Br)c1. The Morgan fingerprint density at radius 1 is 1.33 bits per heavy atom. The van der Waals surface area contributed by atoms with E-state index in [2.05, 4.69) is 41.3 Å². The number of aromatic nitrogens is 5. The topological polar surface area (TPSA) is 80.5 Å². The van der Waals surface area contributed by atoms with Crippen molar-refractivity contribution in [1.82, 2.24) is 25.3 Å². The predicted octanol–water partition coefficient (Wildman–Crippen LogP) is 2.42. The number of benzene rings is 1. The molecule has 0 fully saturated rings. The zero-order valence-corrected chi connectivity index (χ0v) is 10.3. The smallest absolute Gasteiger partial charge is 0.259 e. The first-order valence-corrected chi connectivity index (χ1v) is 5.68. The fourth-order valence-electron chi connectivity index (χ4n) is 1.41. The van der Waals surface area contributed by atoms with E-state index in [4.69, 9.17) is 4.52 Å². The quantitative estimate of drug-likeness (QED) is 0.786. The Morgan fingerprint density at radius 2 is 2.22 bits per heavy atom. The van der Waals surface area contributed by atoms with Crippen molar-refractivity contribution in [3.63, 3.8) is 0 Å². The summed E-state index contributed by atoms with van der Waals surface area (Å²) in [5, 5.41) is 10.1. The molecule has 0 amide bonds. The molecule has 6 nitrogen and oxygen atoms in total. The minimum Gasteiger partial charge on any atom is -0.333 e. The first kappa shape index (κ1) is 11.0. The average molecular weight is 310 g/mol. The van der Waals surface area contributed by atoms with Crippen LogP contribution in [-0.2, 0) is 0 Å². The van der Waals surface area contributed by atoms with Gasteiger partial charge in [0.2, 0.25) is 5.82 Å². The lowest BCUT2D eigenvalue weighted by Crippen LogP contribution is -1.85. The molecule has 3 aromatic rings. The van der Waals surface area contributed by atoms with Crippen molar-refractivity contribution in [2.75, 3.05) is 0 Å². The molecule has 0 bridgehead atoms. The number of H-pyrrole nitrogens is 1. The van der Waals surface area contributed by atoms with E-state index in [0.29, 0.717) is 21.7 Å². The van der Waals surface area contributed by atoms with E-state index in [0.717, 1.165) is 0 Å². The molecule has 1 aromatic carbocycles. The van der Waals surface area contributed by atoms with Crippen LogP contribution in [0.25, 0.3) is 23.1 Å². The number of hydrogen-bond acceptors (Lipinski definition) is 5. The average Bonchev–Trinajstić information content (AvgIpc) is 2.99. The molecule has 90 valence electrons. The van der Waals surface area contributed by atoms with Gasteiger partial charge in [-0.3, -0.25) is 5.10 Å². The first-order chi connectivity index (χ1) is 8.74. The van der Waals surface area contributed by atoms with E-state index >= 15 is 0 Å². The van der Waals surface area contributed by atoms with Crippen LogP contribution in [0.4, 0.5) is 4.39 Å². The highest BCUT2D eigenvalue weighted by Gasteiger charge is 2.15. The van der Waals surface area contributed by atoms with E-state index < -0.39 is 0 Å². The summed E-state index contributed by atoms with van der Waals surface area (Å²) in [6.45, 7) is 0. The molecule has 0 aliphatic heterocycles. The van der Waals surface area contributed by atoms with Crippen molar-refractivity contribution in [3.8, 4) is 23.1 Å². The minimum atomic E-state index is -0.347. The monoisotopic (exact) mass is 309 g/mol. The third kappa shape index (κ3) is 1.90. The highest BCUT2D eigenvalue weighted by Crippen LogP contribution is 2.28. The molecule has 0 atom stereocenters. The van der Waals surface area contributed by atoms with Crippen LogP contribution in [0.3, 0.4) is 0 Å². The Hall–Kier alpha value is -2.09. The van der Waals surface area contributed by atoms with Gasteiger partial charge in [-0.2, -0.15) is 10.1 Å². The van der Waals surface area contributed by atoms with Gasteiger partial charge in [0.15, 0.2) is 5.82 Å². The van der Waals surface area contributed by atoms with Gasteiger partial charge in [-0.1, -0.05) is 5.16 Å². The maximum atomic E-state index is 13.0. The van der Waals surface area contributed by atoms with Crippen LogP contribution in [0, 0.1) is 5.82 Å². The summed E-state index contributed by atoms with van der Waals surface area (Å²) in [4.78, 5) is 8.06. The number of nitrogens with one attached hydrogen (secondary N) is 1. The lowest BCUT2D eigenvalue weighted by atomic mass is 10.2. The van der Waals surface area contributed by atoms with Gasteiger partial charge in [-0.05, 0) is 34.1 Å². The van der Waals surface area contributed by atoms with Crippen LogP contribution in [0.2, 0.25) is 0 Å². The molecule has 0 unspecified atom stereocenters. The van der Waals surface area contributed by atoms with Gasteiger partial charge in [0.05, 0.1) is 5.56 Å². The van der Waals surface area contributed by atoms with Gasteiger partial charge in [0.1, 0.15) is 12.1 Å². The highest BCUT2D eigenvalue weighted by molar-refractivity contribution is 9.10. The Kier molecular flexibility index (Phi) is 2.63. The molecular formula is C10H5BrFN5O. The first-order valence-electron chi connectivity index (χ1n) is 4.89. The van der Waals surface area contributed by atoms with Gasteiger partial charge in [0.25, 0.3) is 5.89 Å². The lowest BCUT2D eigenvalue weighted by Gasteiger charge is -1.97. The van der Waals surface area contributed by atoms with E-state index in [1.807, 2.05) is 0 Å². The zero-order valence-electron chi connectivity index (χ0n) is 8.76. The van der Waals surface area contributed by atoms with Crippen LogP contribution in [0.1, 0.15) is 0 Å². The van der Waals surface area contributed by atoms with E-state index in [1.54, 1.807) is 6.07 Å². The van der Waals surface area contributed by atoms with Crippen LogP contribution in [0.15, 0.2) is 33.5 Å². The van der Waals surface area contributed by atoms with Gasteiger partial charge in [0, 0.05) is 4.47 Å². The number of halogens is 2. The molecule has 18 heavy (non-hydrogen) atoms. The Balaban J connectivity index is 2.03. The van der Waals surface area contributed by atoms with E-state index in [1.165, 1.54) is 18.5 Å². The van der Waals surface area contributed by atoms with Crippen molar-refractivity contribution < 1.29 is 8.91 Å². The Bertz CT molecular complexity index is 681. The van der Waals surface area contributed by atoms with Crippen LogP contribution < -0.4 is 0 Å². The van der Waals surface area contributed by atoms with Crippen molar-refractivity contribution in [2.45, 2.75) is 0 Å². The summed E-state index contributed by atoms with van der Waals surface area (Å²) < 4.78 is 18.6. The summed E-state index contributed by atoms with van der Waals surface area (Å²) >= 11 is 3.24. The maximum absolute atomic E-state index is 13.0. The van der Waals surface area contributed by atoms with E-state index in [-0.39, 0.29) is 11.7 Å². The third-order valence-corrected chi connectivity index (χ3v) is 2.87. The third-order valence-electron chi connectivity index (χ3n) is 2.21. The van der Waals surface area contributed by atoms with Crippen LogP contribution in [0.5, 0.6) is 0 Å². The molecule has 0 saturated heterocycles. The molecule has 2 aromatic heterocycles. The summed E-state index contributed by atoms with van der Waals surface area (Å²) in [5.74, 6) is 0.621. The molecule has 0 spiro atoms. The molecule has 8 heteroatoms. The normalized spacial score (nSPS) is 10.8. The highest BCUT2D eigenvalue weighted by atomic mass is 79.9. The fourth-order valence-corrected chi connectivity index (χ4v) is 1.93. The zero-order chi connectivity index (χ0) is 12.5. The van der Waals surface area contributed by atoms with Crippen molar-refractivity contribution in [2.24, 2.45) is 0 Å². The lowest BCUT2D eigenvalue weighted by molar-refractivity contribution is 0.431. The predicted molar refractivity (Wildman–Crippen MR) is 62.8 cm³/mol. The Morgan fingerprint density at radius 3 is 2.94 bits per heavy atom. The minimum absolute atomic E-state index is 0.272. The summed E-state index contributed by atoms with van der Waals surface area (Å²) in [7, 11) is 0. The van der Waals surface area contributed by atoms with Gasteiger partial charge in [-0.25, -0.2) is 9.37 Å². The Labute approximate surface area is 108 Å². The van der Waals surface area contributed by atoms with Crippen molar-refractivity contribution in [3.05, 3.63) is 34.8 Å². The second-order valence-electron chi connectivity index (χ2n) is 3.38. The molecule has 0 radical (unpaired) electrons. The second kappa shape index (κ2) is 4.30. The van der Waals surface area contributed by atoms with Crippen LogP contribution >= 0.6 is 15.9 Å². The van der Waals surface area contributed by atoms with Crippen molar-refractivity contribution in [1.29, 1.82) is 0 Å². The molecule has 1 N–H and O–H groups in total. The molecular weight excluding hydrogens is 305 g/mol. The maximum Gasteiger partial charge on any atom is 0.259 e. The van der Waals surface area contributed by atoms with Gasteiger partial charge >= 0.3 is 0 Å². The van der Waals surface area contributed by atoms with Crippen LogP contribution in [-0.4, -0.2) is 25.3 Å². The molecule has 2 heterocycles. The second-order valence-corrected chi connectivity index (χ2v) is 4.24. The summed E-state index contributed by atoms with van der Waals surface area (Å²) in [6, 6.07) is 4.20. The number of aromatic amines is 1. The molecule has 0 aliphatic carbocycles. The van der Waals surface area contributed by atoms with Gasteiger partial charge < -0.3 is 4.52 Å². The molecule has 3 rings (SSSR count). The van der Waals surface area contributed by atoms with Gasteiger partial charge in [-0.15, -0.1) is 0 Å². The summed E-state index contributed by atoms with van der Waals surface area (Å²) in [6.07, 6.45) is 1.35. The molecule has 0 saturated carbocycles. The number of nitrogens with zero attached hydrogens (tertiary/aromatic N) is 4.